The van der Waals surface area contributed by atoms with Crippen molar-refractivity contribution in [1.82, 2.24) is 15.0 Å². The van der Waals surface area contributed by atoms with Gasteiger partial charge in [-0.25, -0.2) is 5.43 Å². The molecular formula is C16H19BrN6O4. The summed E-state index contributed by atoms with van der Waals surface area (Å²) >= 11 is 3.27. The third kappa shape index (κ3) is 4.74. The molecular weight excluding hydrogens is 420 g/mol. The van der Waals surface area contributed by atoms with Crippen molar-refractivity contribution in [3.05, 3.63) is 22.2 Å². The average molecular weight is 439 g/mol. The Bertz CT molecular complexity index is 829. The molecule has 1 aromatic carbocycles. The highest BCUT2D eigenvalue weighted by Gasteiger charge is 2.16. The summed E-state index contributed by atoms with van der Waals surface area (Å²) in [6, 6.07) is 3.55. The first kappa shape index (κ1) is 19.1. The lowest BCUT2D eigenvalue weighted by Gasteiger charge is -2.26. The summed E-state index contributed by atoms with van der Waals surface area (Å²) in [6.45, 7) is 2.62. The van der Waals surface area contributed by atoms with Crippen LogP contribution >= 0.6 is 15.9 Å². The minimum atomic E-state index is 0.0277. The molecule has 27 heavy (non-hydrogen) atoms. The zero-order valence-corrected chi connectivity index (χ0v) is 16.4. The number of benzene rings is 1. The Morgan fingerprint density at radius 3 is 2.70 bits per heavy atom. The van der Waals surface area contributed by atoms with Crippen LogP contribution in [0.4, 0.5) is 11.9 Å². The lowest BCUT2D eigenvalue weighted by atomic mass is 10.2. The summed E-state index contributed by atoms with van der Waals surface area (Å²) < 4.78 is 16.1. The van der Waals surface area contributed by atoms with E-state index in [4.69, 9.17) is 14.2 Å². The van der Waals surface area contributed by atoms with Gasteiger partial charge in [0.25, 0.3) is 5.95 Å². The second kappa shape index (κ2) is 8.82. The summed E-state index contributed by atoms with van der Waals surface area (Å²) in [5, 5.41) is 14.0. The van der Waals surface area contributed by atoms with E-state index in [0.29, 0.717) is 48.0 Å². The number of ether oxygens (including phenoxy) is 3. The van der Waals surface area contributed by atoms with Gasteiger partial charge in [-0.1, -0.05) is 0 Å². The summed E-state index contributed by atoms with van der Waals surface area (Å²) in [5.74, 6) is 1.11. The first-order valence-corrected chi connectivity index (χ1v) is 8.88. The third-order valence-electron chi connectivity index (χ3n) is 3.73. The lowest BCUT2D eigenvalue weighted by molar-refractivity contribution is 0.122. The number of hydrazone groups is 1. The van der Waals surface area contributed by atoms with Crippen LogP contribution in [0.1, 0.15) is 5.56 Å². The molecule has 2 aromatic rings. The van der Waals surface area contributed by atoms with Crippen molar-refractivity contribution in [1.29, 1.82) is 0 Å². The van der Waals surface area contributed by atoms with E-state index in [1.165, 1.54) is 14.2 Å². The van der Waals surface area contributed by atoms with Crippen molar-refractivity contribution in [2.24, 2.45) is 5.10 Å². The second-order valence-electron chi connectivity index (χ2n) is 5.47. The van der Waals surface area contributed by atoms with Gasteiger partial charge < -0.3 is 24.2 Å². The molecule has 10 nitrogen and oxygen atoms in total. The van der Waals surface area contributed by atoms with E-state index >= 15 is 0 Å². The fourth-order valence-corrected chi connectivity index (χ4v) is 2.84. The van der Waals surface area contributed by atoms with E-state index in [2.05, 4.69) is 41.4 Å². The lowest BCUT2D eigenvalue weighted by Crippen LogP contribution is -2.37. The number of rotatable bonds is 6. The molecule has 0 saturated carbocycles. The SMILES string of the molecule is COc1nc(N/N=C\c2cc(Br)c(O)c(OC)c2)nc(N2CCOCC2)n1. The molecule has 0 atom stereocenters. The molecule has 2 N–H and O–H groups in total. The fraction of sp³-hybridized carbons (Fsp3) is 0.375. The number of hydrogen-bond acceptors (Lipinski definition) is 10. The molecule has 0 amide bonds. The van der Waals surface area contributed by atoms with Crippen LogP contribution in [0.2, 0.25) is 0 Å². The number of aromatic nitrogens is 3. The summed E-state index contributed by atoms with van der Waals surface area (Å²) in [7, 11) is 2.97. The molecule has 11 heteroatoms. The van der Waals surface area contributed by atoms with E-state index in [1.807, 2.05) is 4.90 Å². The number of nitrogens with zero attached hydrogens (tertiary/aromatic N) is 5. The molecule has 0 bridgehead atoms. The smallest absolute Gasteiger partial charge is 0.322 e. The monoisotopic (exact) mass is 438 g/mol. The Hall–Kier alpha value is -2.66. The predicted molar refractivity (Wildman–Crippen MR) is 103 cm³/mol. The molecule has 1 saturated heterocycles. The van der Waals surface area contributed by atoms with Gasteiger partial charge in [-0.05, 0) is 33.6 Å². The second-order valence-corrected chi connectivity index (χ2v) is 6.32. The Balaban J connectivity index is 1.77. The largest absolute Gasteiger partial charge is 0.503 e. The average Bonchev–Trinajstić information content (AvgIpc) is 2.70. The number of phenolic OH excluding ortho intramolecular Hbond substituents is 1. The molecule has 0 radical (unpaired) electrons. The predicted octanol–water partition coefficient (Wildman–Crippen LogP) is 1.64. The number of phenols is 1. The number of aromatic hydroxyl groups is 1. The van der Waals surface area contributed by atoms with E-state index in [9.17, 15) is 5.11 Å². The van der Waals surface area contributed by atoms with Crippen molar-refractivity contribution < 1.29 is 19.3 Å². The molecule has 0 aliphatic carbocycles. The summed E-state index contributed by atoms with van der Waals surface area (Å²) in [5.41, 5.74) is 3.48. The van der Waals surface area contributed by atoms with Gasteiger partial charge in [0.2, 0.25) is 5.95 Å². The van der Waals surface area contributed by atoms with Gasteiger partial charge in [-0.2, -0.15) is 20.1 Å². The Morgan fingerprint density at radius 2 is 2.00 bits per heavy atom. The van der Waals surface area contributed by atoms with Crippen molar-refractivity contribution in [3.8, 4) is 17.5 Å². The Morgan fingerprint density at radius 1 is 1.22 bits per heavy atom. The number of anilines is 2. The maximum Gasteiger partial charge on any atom is 0.322 e. The van der Waals surface area contributed by atoms with E-state index < -0.39 is 0 Å². The molecule has 0 unspecified atom stereocenters. The van der Waals surface area contributed by atoms with Gasteiger partial charge in [-0.3, -0.25) is 0 Å². The first-order valence-electron chi connectivity index (χ1n) is 8.09. The summed E-state index contributed by atoms with van der Waals surface area (Å²) in [6.07, 6.45) is 1.55. The Labute approximate surface area is 164 Å². The van der Waals surface area contributed by atoms with E-state index in [0.717, 1.165) is 0 Å². The molecule has 0 spiro atoms. The van der Waals surface area contributed by atoms with Crippen LogP contribution < -0.4 is 19.8 Å². The highest BCUT2D eigenvalue weighted by atomic mass is 79.9. The number of methoxy groups -OCH3 is 2. The van der Waals surface area contributed by atoms with Crippen LogP contribution in [0.15, 0.2) is 21.7 Å². The van der Waals surface area contributed by atoms with Crippen molar-refractivity contribution in [3.63, 3.8) is 0 Å². The van der Waals surface area contributed by atoms with Gasteiger partial charge in [0, 0.05) is 13.1 Å². The number of halogens is 1. The minimum Gasteiger partial charge on any atom is -0.503 e. The molecule has 3 rings (SSSR count). The minimum absolute atomic E-state index is 0.0277. The van der Waals surface area contributed by atoms with Crippen LogP contribution in [0.5, 0.6) is 17.5 Å². The van der Waals surface area contributed by atoms with Crippen LogP contribution in [0.3, 0.4) is 0 Å². The van der Waals surface area contributed by atoms with Gasteiger partial charge in [0.1, 0.15) is 0 Å². The standard InChI is InChI=1S/C16H19BrN6O4/c1-25-12-8-10(7-11(17)13(12)24)9-18-22-14-19-15(21-16(20-14)26-2)23-3-5-27-6-4-23/h7-9,24H,3-6H2,1-2H3,(H,19,20,21,22)/b18-9-. The molecule has 1 aliphatic rings. The van der Waals surface area contributed by atoms with Crippen LogP contribution in [-0.4, -0.2) is 66.8 Å². The van der Waals surface area contributed by atoms with Gasteiger partial charge >= 0.3 is 6.01 Å². The zero-order valence-electron chi connectivity index (χ0n) is 14.8. The molecule has 1 aromatic heterocycles. The normalized spacial score (nSPS) is 14.4. The first-order chi connectivity index (χ1) is 13.1. The van der Waals surface area contributed by atoms with Crippen molar-refractivity contribution in [2.75, 3.05) is 50.8 Å². The highest BCUT2D eigenvalue weighted by Crippen LogP contribution is 2.34. The quantitative estimate of drug-likeness (QED) is 0.512. The maximum atomic E-state index is 9.85. The highest BCUT2D eigenvalue weighted by molar-refractivity contribution is 9.10. The van der Waals surface area contributed by atoms with Crippen LogP contribution in [0.25, 0.3) is 0 Å². The third-order valence-corrected chi connectivity index (χ3v) is 4.33. The number of hydrogen-bond donors (Lipinski definition) is 2. The number of morpholine rings is 1. The van der Waals surface area contributed by atoms with Crippen LogP contribution in [-0.2, 0) is 4.74 Å². The molecule has 144 valence electrons. The van der Waals surface area contributed by atoms with Gasteiger partial charge in [0.15, 0.2) is 11.5 Å². The number of nitrogens with one attached hydrogen (secondary N) is 1. The molecule has 2 heterocycles. The zero-order chi connectivity index (χ0) is 19.2. The molecule has 1 aliphatic heterocycles. The summed E-state index contributed by atoms with van der Waals surface area (Å²) in [4.78, 5) is 14.8. The van der Waals surface area contributed by atoms with Crippen molar-refractivity contribution in [2.45, 2.75) is 0 Å². The van der Waals surface area contributed by atoms with E-state index in [1.54, 1.807) is 18.3 Å². The van der Waals surface area contributed by atoms with Crippen LogP contribution in [0, 0.1) is 0 Å². The topological polar surface area (TPSA) is 114 Å². The van der Waals surface area contributed by atoms with Crippen molar-refractivity contribution >= 4 is 34.0 Å². The van der Waals surface area contributed by atoms with Gasteiger partial charge in [0.05, 0.1) is 38.1 Å². The molecule has 1 fully saturated rings. The maximum absolute atomic E-state index is 9.85. The Kier molecular flexibility index (Phi) is 6.24. The fourth-order valence-electron chi connectivity index (χ4n) is 2.38. The van der Waals surface area contributed by atoms with E-state index in [-0.39, 0.29) is 17.7 Å². The van der Waals surface area contributed by atoms with Gasteiger partial charge in [-0.15, -0.1) is 0 Å².